The second-order valence-electron chi connectivity index (χ2n) is 8.16. The fraction of sp³-hybridized carbons (Fsp3) is 0.778. The first-order valence-corrected chi connectivity index (χ1v) is 9.11. The molecule has 134 valence electrons. The van der Waals surface area contributed by atoms with Crippen LogP contribution in [0.25, 0.3) is 0 Å². The molecule has 2 aliphatic rings. The monoisotopic (exact) mass is 334 g/mol. The van der Waals surface area contributed by atoms with Gasteiger partial charge in [-0.3, -0.25) is 4.68 Å². The summed E-state index contributed by atoms with van der Waals surface area (Å²) in [5.41, 5.74) is -0.436. The molecule has 2 bridgehead atoms. The number of nitrogens with zero attached hydrogens (tertiary/aromatic N) is 2. The first kappa shape index (κ1) is 17.3. The van der Waals surface area contributed by atoms with Crippen molar-refractivity contribution >= 4 is 6.09 Å². The molecule has 24 heavy (non-hydrogen) atoms. The zero-order valence-electron chi connectivity index (χ0n) is 15.0. The lowest BCUT2D eigenvalue weighted by molar-refractivity contribution is 0.0474. The van der Waals surface area contributed by atoms with Crippen LogP contribution in [-0.4, -0.2) is 40.1 Å². The molecule has 0 radical (unpaired) electrons. The SMILES string of the molecule is CC(C)(C)OC(=O)NC1CC2CCC(C1)C2NCCn1cccn1. The number of rotatable bonds is 5. The van der Waals surface area contributed by atoms with E-state index < -0.39 is 5.60 Å². The Hall–Kier alpha value is -1.56. The van der Waals surface area contributed by atoms with Crippen LogP contribution < -0.4 is 10.6 Å². The normalized spacial score (nSPS) is 29.5. The second-order valence-corrected chi connectivity index (χ2v) is 8.16. The van der Waals surface area contributed by atoms with E-state index >= 15 is 0 Å². The van der Waals surface area contributed by atoms with Crippen LogP contribution in [0.15, 0.2) is 18.5 Å². The van der Waals surface area contributed by atoms with E-state index in [4.69, 9.17) is 4.74 Å². The van der Waals surface area contributed by atoms with E-state index in [0.29, 0.717) is 17.9 Å². The molecule has 2 N–H and O–H groups in total. The van der Waals surface area contributed by atoms with Gasteiger partial charge in [0.2, 0.25) is 0 Å². The van der Waals surface area contributed by atoms with Crippen molar-refractivity contribution in [3.8, 4) is 0 Å². The Morgan fingerprint density at radius 1 is 1.29 bits per heavy atom. The molecule has 2 saturated carbocycles. The highest BCUT2D eigenvalue weighted by atomic mass is 16.6. The van der Waals surface area contributed by atoms with Gasteiger partial charge in [-0.1, -0.05) is 0 Å². The zero-order chi connectivity index (χ0) is 17.2. The van der Waals surface area contributed by atoms with Crippen LogP contribution >= 0.6 is 0 Å². The molecule has 1 amide bonds. The Kier molecular flexibility index (Phi) is 5.13. The van der Waals surface area contributed by atoms with Crippen molar-refractivity contribution in [2.24, 2.45) is 11.8 Å². The quantitative estimate of drug-likeness (QED) is 0.868. The van der Waals surface area contributed by atoms with Crippen molar-refractivity contribution in [3.63, 3.8) is 0 Å². The van der Waals surface area contributed by atoms with Gasteiger partial charge >= 0.3 is 6.09 Å². The Balaban J connectivity index is 1.45. The van der Waals surface area contributed by atoms with Crippen LogP contribution in [0.2, 0.25) is 0 Å². The highest BCUT2D eigenvalue weighted by Crippen LogP contribution is 2.42. The zero-order valence-corrected chi connectivity index (χ0v) is 15.0. The highest BCUT2D eigenvalue weighted by molar-refractivity contribution is 5.68. The summed E-state index contributed by atoms with van der Waals surface area (Å²) < 4.78 is 7.35. The summed E-state index contributed by atoms with van der Waals surface area (Å²) in [5, 5.41) is 11.0. The molecule has 2 unspecified atom stereocenters. The van der Waals surface area contributed by atoms with Gasteiger partial charge in [0.1, 0.15) is 5.60 Å². The Bertz CT molecular complexity index is 524. The van der Waals surface area contributed by atoms with Gasteiger partial charge < -0.3 is 15.4 Å². The number of alkyl carbamates (subject to hydrolysis) is 1. The molecule has 3 rings (SSSR count). The topological polar surface area (TPSA) is 68.2 Å². The van der Waals surface area contributed by atoms with Gasteiger partial charge in [-0.2, -0.15) is 5.10 Å². The number of hydrogen-bond acceptors (Lipinski definition) is 4. The number of carbonyl (C=O) groups is 1. The maximum atomic E-state index is 12.0. The molecule has 2 aliphatic carbocycles. The lowest BCUT2D eigenvalue weighted by Gasteiger charge is -2.36. The molecular weight excluding hydrogens is 304 g/mol. The number of carbonyl (C=O) groups excluding carboxylic acids is 1. The maximum Gasteiger partial charge on any atom is 0.407 e. The summed E-state index contributed by atoms with van der Waals surface area (Å²) in [6, 6.07) is 2.79. The lowest BCUT2D eigenvalue weighted by Crippen LogP contribution is -2.49. The van der Waals surface area contributed by atoms with E-state index in [2.05, 4.69) is 15.7 Å². The van der Waals surface area contributed by atoms with Crippen LogP contribution in [0, 0.1) is 11.8 Å². The predicted octanol–water partition coefficient (Wildman–Crippen LogP) is 2.55. The van der Waals surface area contributed by atoms with E-state index in [1.807, 2.05) is 43.9 Å². The van der Waals surface area contributed by atoms with E-state index in [1.54, 1.807) is 0 Å². The van der Waals surface area contributed by atoms with Crippen molar-refractivity contribution in [2.45, 2.75) is 70.7 Å². The van der Waals surface area contributed by atoms with Crippen molar-refractivity contribution in [1.82, 2.24) is 20.4 Å². The van der Waals surface area contributed by atoms with Crippen LogP contribution in [0.5, 0.6) is 0 Å². The number of aromatic nitrogens is 2. The third kappa shape index (κ3) is 4.50. The first-order chi connectivity index (χ1) is 11.4. The fourth-order valence-corrected chi connectivity index (χ4v) is 4.23. The number of nitrogens with one attached hydrogen (secondary N) is 2. The van der Waals surface area contributed by atoms with E-state index in [-0.39, 0.29) is 12.1 Å². The molecule has 1 aromatic heterocycles. The van der Waals surface area contributed by atoms with Gasteiger partial charge in [-0.05, 0) is 64.4 Å². The summed E-state index contributed by atoms with van der Waals surface area (Å²) in [4.78, 5) is 12.0. The minimum Gasteiger partial charge on any atom is -0.444 e. The molecule has 6 nitrogen and oxygen atoms in total. The van der Waals surface area contributed by atoms with Crippen molar-refractivity contribution in [2.75, 3.05) is 6.54 Å². The van der Waals surface area contributed by atoms with Gasteiger partial charge in [0, 0.05) is 31.0 Å². The molecule has 0 saturated heterocycles. The highest BCUT2D eigenvalue weighted by Gasteiger charge is 2.42. The third-order valence-corrected chi connectivity index (χ3v) is 5.10. The molecule has 2 fully saturated rings. The van der Waals surface area contributed by atoms with Gasteiger partial charge in [0.15, 0.2) is 0 Å². The summed E-state index contributed by atoms with van der Waals surface area (Å²) in [7, 11) is 0. The lowest BCUT2D eigenvalue weighted by atomic mass is 9.81. The average molecular weight is 334 g/mol. The number of hydrogen-bond donors (Lipinski definition) is 2. The van der Waals surface area contributed by atoms with Crippen LogP contribution in [-0.2, 0) is 11.3 Å². The third-order valence-electron chi connectivity index (χ3n) is 5.10. The molecule has 1 aromatic rings. The number of amides is 1. The first-order valence-electron chi connectivity index (χ1n) is 9.11. The van der Waals surface area contributed by atoms with Gasteiger partial charge in [-0.15, -0.1) is 0 Å². The summed E-state index contributed by atoms with van der Waals surface area (Å²) in [5.74, 6) is 1.31. The number of fused-ring (bicyclic) bond motifs is 2. The number of ether oxygens (including phenoxy) is 1. The maximum absolute atomic E-state index is 12.0. The van der Waals surface area contributed by atoms with Gasteiger partial charge in [-0.25, -0.2) is 4.79 Å². The van der Waals surface area contributed by atoms with E-state index in [0.717, 1.165) is 25.9 Å². The summed E-state index contributed by atoms with van der Waals surface area (Å²) >= 11 is 0. The predicted molar refractivity (Wildman–Crippen MR) is 92.6 cm³/mol. The van der Waals surface area contributed by atoms with Crippen molar-refractivity contribution in [3.05, 3.63) is 18.5 Å². The second kappa shape index (κ2) is 7.13. The van der Waals surface area contributed by atoms with Gasteiger partial charge in [0.25, 0.3) is 0 Å². The van der Waals surface area contributed by atoms with E-state index in [9.17, 15) is 4.79 Å². The molecule has 0 aromatic carbocycles. The van der Waals surface area contributed by atoms with Crippen LogP contribution in [0.1, 0.15) is 46.5 Å². The smallest absolute Gasteiger partial charge is 0.407 e. The Morgan fingerprint density at radius 2 is 2.00 bits per heavy atom. The van der Waals surface area contributed by atoms with Crippen molar-refractivity contribution < 1.29 is 9.53 Å². The molecule has 0 spiro atoms. The summed E-state index contributed by atoms with van der Waals surface area (Å²) in [6.45, 7) is 7.55. The van der Waals surface area contributed by atoms with E-state index in [1.165, 1.54) is 12.8 Å². The Morgan fingerprint density at radius 3 is 2.58 bits per heavy atom. The largest absolute Gasteiger partial charge is 0.444 e. The molecule has 0 aliphatic heterocycles. The van der Waals surface area contributed by atoms with Crippen molar-refractivity contribution in [1.29, 1.82) is 0 Å². The molecule has 2 atom stereocenters. The fourth-order valence-electron chi connectivity index (χ4n) is 4.23. The van der Waals surface area contributed by atoms with Gasteiger partial charge in [0.05, 0.1) is 6.54 Å². The minimum atomic E-state index is -0.436. The van der Waals surface area contributed by atoms with Crippen LogP contribution in [0.4, 0.5) is 4.79 Å². The van der Waals surface area contributed by atoms with Crippen LogP contribution in [0.3, 0.4) is 0 Å². The Labute approximate surface area is 144 Å². The standard InChI is InChI=1S/C18H30N4O2/c1-18(2,3)24-17(23)21-15-11-13-5-6-14(12-15)16(13)19-8-10-22-9-4-7-20-22/h4,7,9,13-16,19H,5-6,8,10-12H2,1-3H3,(H,21,23). The molecule has 1 heterocycles. The average Bonchev–Trinajstić information content (AvgIpc) is 3.05. The molecular formula is C18H30N4O2. The summed E-state index contributed by atoms with van der Waals surface area (Å²) in [6.07, 6.45) is 8.16. The minimum absolute atomic E-state index is 0.251. The molecule has 6 heteroatoms.